The Morgan fingerprint density at radius 3 is 2.60 bits per heavy atom. The predicted octanol–water partition coefficient (Wildman–Crippen LogP) is 4.70. The number of carbonyl (C=O) groups excluding carboxylic acids is 1. The highest BCUT2D eigenvalue weighted by Crippen LogP contribution is 2.32. The van der Waals surface area contributed by atoms with E-state index in [1.54, 1.807) is 0 Å². The molecule has 0 radical (unpaired) electrons. The first kappa shape index (κ1) is 20.5. The third-order valence-electron chi connectivity index (χ3n) is 5.07. The normalized spacial score (nSPS) is 17.5. The molecule has 158 valence electrons. The number of halogens is 6. The molecule has 4 rings (SSSR count). The summed E-state index contributed by atoms with van der Waals surface area (Å²) in [6.07, 6.45) is -2.47. The van der Waals surface area contributed by atoms with Gasteiger partial charge in [0.05, 0.1) is 16.1 Å². The molecule has 1 saturated heterocycles. The fraction of sp³-hybridized carbons (Fsp3) is 0.316. The van der Waals surface area contributed by atoms with Crippen molar-refractivity contribution in [1.29, 1.82) is 0 Å². The minimum Gasteiger partial charge on any atom is -0.338 e. The summed E-state index contributed by atoms with van der Waals surface area (Å²) >= 11 is 5.90. The van der Waals surface area contributed by atoms with Gasteiger partial charge in [-0.15, -0.1) is 10.2 Å². The van der Waals surface area contributed by atoms with E-state index in [9.17, 15) is 26.7 Å². The molecular weight excluding hydrogens is 431 g/mol. The van der Waals surface area contributed by atoms with Crippen molar-refractivity contribution in [2.24, 2.45) is 0 Å². The molecule has 5 nitrogen and oxygen atoms in total. The van der Waals surface area contributed by atoms with E-state index >= 15 is 0 Å². The molecule has 0 bridgehead atoms. The molecule has 3 aromatic rings. The number of alkyl halides is 3. The Morgan fingerprint density at radius 2 is 1.87 bits per heavy atom. The summed E-state index contributed by atoms with van der Waals surface area (Å²) in [7, 11) is 0. The summed E-state index contributed by atoms with van der Waals surface area (Å²) in [5, 5.41) is 7.72. The second kappa shape index (κ2) is 7.50. The Hall–Kier alpha value is -2.75. The lowest BCUT2D eigenvalue weighted by Crippen LogP contribution is -2.39. The summed E-state index contributed by atoms with van der Waals surface area (Å²) in [5.74, 6) is -3.04. The molecule has 1 aliphatic rings. The Bertz CT molecular complexity index is 1130. The largest absolute Gasteiger partial charge is 0.417 e. The van der Waals surface area contributed by atoms with Crippen molar-refractivity contribution < 1.29 is 26.7 Å². The molecule has 2 aromatic heterocycles. The molecule has 1 unspecified atom stereocenters. The zero-order chi connectivity index (χ0) is 21.6. The van der Waals surface area contributed by atoms with Crippen molar-refractivity contribution >= 4 is 23.2 Å². The minimum atomic E-state index is -4.52. The first-order chi connectivity index (χ1) is 14.1. The number of likely N-dealkylation sites (tertiary alicyclic amines) is 1. The molecule has 1 amide bonds. The van der Waals surface area contributed by atoms with Crippen molar-refractivity contribution in [3.05, 3.63) is 64.1 Å². The van der Waals surface area contributed by atoms with Gasteiger partial charge >= 0.3 is 6.18 Å². The summed E-state index contributed by atoms with van der Waals surface area (Å²) in [4.78, 5) is 14.2. The van der Waals surface area contributed by atoms with Crippen molar-refractivity contribution in [2.45, 2.75) is 24.9 Å². The zero-order valence-corrected chi connectivity index (χ0v) is 16.0. The van der Waals surface area contributed by atoms with Crippen LogP contribution in [0.3, 0.4) is 0 Å². The van der Waals surface area contributed by atoms with Crippen LogP contribution < -0.4 is 0 Å². The van der Waals surface area contributed by atoms with E-state index in [4.69, 9.17) is 11.6 Å². The van der Waals surface area contributed by atoms with Crippen LogP contribution in [0.2, 0.25) is 5.02 Å². The molecular formula is C19H14ClF5N4O. The highest BCUT2D eigenvalue weighted by Gasteiger charge is 2.33. The highest BCUT2D eigenvalue weighted by atomic mass is 35.5. The van der Waals surface area contributed by atoms with Crippen molar-refractivity contribution in [1.82, 2.24) is 19.5 Å². The maximum absolute atomic E-state index is 13.6. The first-order valence-corrected chi connectivity index (χ1v) is 9.38. The number of hydrogen-bond donors (Lipinski definition) is 0. The van der Waals surface area contributed by atoms with E-state index in [0.717, 1.165) is 24.4 Å². The number of amides is 1. The van der Waals surface area contributed by atoms with Crippen LogP contribution in [-0.4, -0.2) is 38.5 Å². The Balaban J connectivity index is 1.63. The van der Waals surface area contributed by atoms with Gasteiger partial charge in [0, 0.05) is 25.2 Å². The number of benzene rings is 1. The van der Waals surface area contributed by atoms with Crippen LogP contribution in [0.1, 0.15) is 40.5 Å². The van der Waals surface area contributed by atoms with Crippen LogP contribution in [0.25, 0.3) is 5.65 Å². The SMILES string of the molecule is O=C(c1cc(F)c(F)cc1Cl)N1CCCC(c2nnc3ccc(C(F)(F)F)cn23)C1. The second-order valence-electron chi connectivity index (χ2n) is 7.04. The average Bonchev–Trinajstić information content (AvgIpc) is 3.13. The predicted molar refractivity (Wildman–Crippen MR) is 97.2 cm³/mol. The lowest BCUT2D eigenvalue weighted by Gasteiger charge is -2.32. The number of carbonyl (C=O) groups is 1. The molecule has 3 heterocycles. The van der Waals surface area contributed by atoms with Gasteiger partial charge in [0.1, 0.15) is 5.82 Å². The van der Waals surface area contributed by atoms with Gasteiger partial charge in [-0.05, 0) is 37.1 Å². The Kier molecular flexibility index (Phi) is 5.13. The lowest BCUT2D eigenvalue weighted by atomic mass is 9.96. The third kappa shape index (κ3) is 3.71. The molecule has 0 saturated carbocycles. The van der Waals surface area contributed by atoms with Crippen LogP contribution in [-0.2, 0) is 6.18 Å². The van der Waals surface area contributed by atoms with Crippen LogP contribution in [0.4, 0.5) is 22.0 Å². The number of fused-ring (bicyclic) bond motifs is 1. The fourth-order valence-electron chi connectivity index (χ4n) is 3.58. The molecule has 1 aromatic carbocycles. The summed E-state index contributed by atoms with van der Waals surface area (Å²) < 4.78 is 67.4. The van der Waals surface area contributed by atoms with Gasteiger partial charge < -0.3 is 4.90 Å². The van der Waals surface area contributed by atoms with Crippen molar-refractivity contribution in [3.63, 3.8) is 0 Å². The van der Waals surface area contributed by atoms with E-state index in [0.29, 0.717) is 25.2 Å². The zero-order valence-electron chi connectivity index (χ0n) is 15.3. The standard InChI is InChI=1S/C19H14ClF5N4O/c20-13-7-15(22)14(21)6-12(13)18(30)28-5-1-2-10(8-28)17-27-26-16-4-3-11(9-29(16)17)19(23,24)25/h3-4,6-7,9-10H,1-2,5,8H2. The van der Waals surface area contributed by atoms with Gasteiger partial charge in [-0.1, -0.05) is 11.6 Å². The Morgan fingerprint density at radius 1 is 1.13 bits per heavy atom. The van der Waals surface area contributed by atoms with Gasteiger partial charge in [0.2, 0.25) is 0 Å². The number of hydrogen-bond acceptors (Lipinski definition) is 3. The van der Waals surface area contributed by atoms with E-state index in [2.05, 4.69) is 10.2 Å². The number of nitrogens with zero attached hydrogens (tertiary/aromatic N) is 4. The van der Waals surface area contributed by atoms with Gasteiger partial charge in [-0.2, -0.15) is 13.2 Å². The quantitative estimate of drug-likeness (QED) is 0.425. The number of piperidine rings is 1. The van der Waals surface area contributed by atoms with E-state index in [1.807, 2.05) is 0 Å². The third-order valence-corrected chi connectivity index (χ3v) is 5.38. The average molecular weight is 445 g/mol. The summed E-state index contributed by atoms with van der Waals surface area (Å²) in [6.45, 7) is 0.473. The topological polar surface area (TPSA) is 50.5 Å². The van der Waals surface area contributed by atoms with Crippen LogP contribution in [0.15, 0.2) is 30.5 Å². The molecule has 0 N–H and O–H groups in total. The lowest BCUT2D eigenvalue weighted by molar-refractivity contribution is -0.137. The molecule has 11 heteroatoms. The van der Waals surface area contributed by atoms with Gasteiger partial charge in [-0.3, -0.25) is 9.20 Å². The second-order valence-corrected chi connectivity index (χ2v) is 7.45. The van der Waals surface area contributed by atoms with Gasteiger partial charge in [0.25, 0.3) is 5.91 Å². The highest BCUT2D eigenvalue weighted by molar-refractivity contribution is 6.33. The van der Waals surface area contributed by atoms with Crippen LogP contribution in [0.5, 0.6) is 0 Å². The van der Waals surface area contributed by atoms with Gasteiger partial charge in [-0.25, -0.2) is 8.78 Å². The first-order valence-electron chi connectivity index (χ1n) is 9.01. The summed E-state index contributed by atoms with van der Waals surface area (Å²) in [6, 6.07) is 3.63. The molecule has 0 spiro atoms. The molecule has 1 atom stereocenters. The monoisotopic (exact) mass is 444 g/mol. The number of aromatic nitrogens is 3. The molecule has 1 fully saturated rings. The molecule has 0 aliphatic carbocycles. The van der Waals surface area contributed by atoms with Crippen molar-refractivity contribution in [3.8, 4) is 0 Å². The van der Waals surface area contributed by atoms with Crippen LogP contribution in [0, 0.1) is 11.6 Å². The number of rotatable bonds is 2. The maximum atomic E-state index is 13.6. The van der Waals surface area contributed by atoms with Crippen molar-refractivity contribution in [2.75, 3.05) is 13.1 Å². The van der Waals surface area contributed by atoms with E-state index in [-0.39, 0.29) is 28.7 Å². The minimum absolute atomic E-state index is 0.130. The number of pyridine rings is 1. The van der Waals surface area contributed by atoms with Gasteiger partial charge in [0.15, 0.2) is 17.3 Å². The smallest absolute Gasteiger partial charge is 0.338 e. The Labute approximate surface area is 172 Å². The molecule has 1 aliphatic heterocycles. The van der Waals surface area contributed by atoms with Crippen LogP contribution >= 0.6 is 11.6 Å². The maximum Gasteiger partial charge on any atom is 0.417 e. The molecule has 30 heavy (non-hydrogen) atoms. The fourth-order valence-corrected chi connectivity index (χ4v) is 3.81. The van der Waals surface area contributed by atoms with E-state index < -0.39 is 29.3 Å². The van der Waals surface area contributed by atoms with E-state index in [1.165, 1.54) is 15.4 Å². The summed E-state index contributed by atoms with van der Waals surface area (Å²) in [5.41, 5.74) is -0.764.